The van der Waals surface area contributed by atoms with Gasteiger partial charge in [-0.2, -0.15) is 0 Å². The molecule has 0 amide bonds. The van der Waals surface area contributed by atoms with Crippen LogP contribution < -0.4 is 5.32 Å². The van der Waals surface area contributed by atoms with E-state index in [4.69, 9.17) is 4.99 Å². The first-order valence-electron chi connectivity index (χ1n) is 5.46. The van der Waals surface area contributed by atoms with Crippen LogP contribution in [0.4, 0.5) is 0 Å². The van der Waals surface area contributed by atoms with Crippen LogP contribution in [0.5, 0.6) is 0 Å². The third kappa shape index (κ3) is 2.08. The van der Waals surface area contributed by atoms with Gasteiger partial charge in [0, 0.05) is 11.8 Å². The molecule has 3 atom stereocenters. The van der Waals surface area contributed by atoms with E-state index in [9.17, 15) is 0 Å². The maximum Gasteiger partial charge on any atom is 0.157 e. The van der Waals surface area contributed by atoms with Gasteiger partial charge >= 0.3 is 0 Å². The van der Waals surface area contributed by atoms with E-state index in [2.05, 4.69) is 33.0 Å². The van der Waals surface area contributed by atoms with Gasteiger partial charge in [-0.25, -0.2) is 0 Å². The van der Waals surface area contributed by atoms with Gasteiger partial charge in [-0.15, -0.1) is 0 Å². The van der Waals surface area contributed by atoms with Crippen molar-refractivity contribution in [2.45, 2.75) is 46.2 Å². The SMILES string of the molecule is CC1CSC(=NC2CC2(C)C)NC1C. The summed E-state index contributed by atoms with van der Waals surface area (Å²) in [5.41, 5.74) is 0.460. The van der Waals surface area contributed by atoms with Crippen LogP contribution in [0.15, 0.2) is 4.99 Å². The Kier molecular flexibility index (Phi) is 2.54. The van der Waals surface area contributed by atoms with Crippen molar-refractivity contribution in [2.75, 3.05) is 5.75 Å². The first-order valence-corrected chi connectivity index (χ1v) is 6.45. The van der Waals surface area contributed by atoms with E-state index >= 15 is 0 Å². The molecule has 0 aromatic carbocycles. The summed E-state index contributed by atoms with van der Waals surface area (Å²) in [6.07, 6.45) is 1.25. The van der Waals surface area contributed by atoms with Crippen LogP contribution in [0.3, 0.4) is 0 Å². The Labute approximate surface area is 90.9 Å². The third-order valence-electron chi connectivity index (χ3n) is 3.42. The average Bonchev–Trinajstić information content (AvgIpc) is 2.67. The van der Waals surface area contributed by atoms with Crippen LogP contribution in [0.1, 0.15) is 34.1 Å². The molecule has 0 spiro atoms. The van der Waals surface area contributed by atoms with Crippen LogP contribution >= 0.6 is 11.8 Å². The molecule has 1 N–H and O–H groups in total. The molecule has 2 rings (SSSR count). The molecule has 3 unspecified atom stereocenters. The van der Waals surface area contributed by atoms with Crippen LogP contribution in [-0.4, -0.2) is 23.0 Å². The second-order valence-corrected chi connectivity index (χ2v) is 6.37. The number of rotatable bonds is 1. The second kappa shape index (κ2) is 3.44. The highest BCUT2D eigenvalue weighted by atomic mass is 32.2. The van der Waals surface area contributed by atoms with Crippen molar-refractivity contribution in [3.63, 3.8) is 0 Å². The summed E-state index contributed by atoms with van der Waals surface area (Å²) in [5, 5.41) is 4.66. The standard InChI is InChI=1S/C11H20N2S/c1-7-6-14-10(12-8(7)2)13-9-5-11(9,3)4/h7-9H,5-6H2,1-4H3,(H,12,13). The smallest absolute Gasteiger partial charge is 0.157 e. The first-order chi connectivity index (χ1) is 6.49. The zero-order chi connectivity index (χ0) is 10.3. The van der Waals surface area contributed by atoms with Gasteiger partial charge in [-0.1, -0.05) is 32.5 Å². The maximum atomic E-state index is 4.75. The molecule has 2 nitrogen and oxygen atoms in total. The monoisotopic (exact) mass is 212 g/mol. The molecule has 0 aromatic heterocycles. The lowest BCUT2D eigenvalue weighted by Gasteiger charge is -2.28. The van der Waals surface area contributed by atoms with E-state index in [0.717, 1.165) is 5.92 Å². The lowest BCUT2D eigenvalue weighted by Crippen LogP contribution is -2.41. The van der Waals surface area contributed by atoms with Crippen LogP contribution in [0, 0.1) is 11.3 Å². The van der Waals surface area contributed by atoms with Crippen molar-refractivity contribution in [2.24, 2.45) is 16.3 Å². The van der Waals surface area contributed by atoms with Crippen LogP contribution in [-0.2, 0) is 0 Å². The normalized spacial score (nSPS) is 43.4. The van der Waals surface area contributed by atoms with Crippen molar-refractivity contribution in [1.29, 1.82) is 0 Å². The minimum Gasteiger partial charge on any atom is -0.362 e. The molecule has 1 saturated carbocycles. The van der Waals surface area contributed by atoms with Crippen LogP contribution in [0.2, 0.25) is 0 Å². The summed E-state index contributed by atoms with van der Waals surface area (Å²) in [5.74, 6) is 1.96. The van der Waals surface area contributed by atoms with Crippen molar-refractivity contribution < 1.29 is 0 Å². The highest BCUT2D eigenvalue weighted by molar-refractivity contribution is 8.13. The summed E-state index contributed by atoms with van der Waals surface area (Å²) < 4.78 is 0. The molecule has 1 aliphatic heterocycles. The number of hydrogen-bond donors (Lipinski definition) is 1. The van der Waals surface area contributed by atoms with E-state index in [1.165, 1.54) is 17.3 Å². The van der Waals surface area contributed by atoms with Gasteiger partial charge in [-0.05, 0) is 24.7 Å². The molecular formula is C11H20N2S. The fourth-order valence-corrected chi connectivity index (χ4v) is 2.79. The highest BCUT2D eigenvalue weighted by Gasteiger charge is 2.46. The van der Waals surface area contributed by atoms with Gasteiger partial charge in [0.2, 0.25) is 0 Å². The van der Waals surface area contributed by atoms with E-state index < -0.39 is 0 Å². The predicted molar refractivity (Wildman–Crippen MR) is 63.8 cm³/mol. The van der Waals surface area contributed by atoms with Gasteiger partial charge in [0.25, 0.3) is 0 Å². The molecule has 0 radical (unpaired) electrons. The van der Waals surface area contributed by atoms with Crippen molar-refractivity contribution in [3.05, 3.63) is 0 Å². The lowest BCUT2D eigenvalue weighted by molar-refractivity contribution is 0.489. The fraction of sp³-hybridized carbons (Fsp3) is 0.909. The molecule has 1 heterocycles. The summed E-state index contributed by atoms with van der Waals surface area (Å²) in [6.45, 7) is 9.13. The molecule has 2 fully saturated rings. The number of thioether (sulfide) groups is 1. The number of nitrogens with zero attached hydrogens (tertiary/aromatic N) is 1. The van der Waals surface area contributed by atoms with Crippen molar-refractivity contribution in [3.8, 4) is 0 Å². The fourth-order valence-electron chi connectivity index (χ4n) is 1.61. The first kappa shape index (κ1) is 10.3. The van der Waals surface area contributed by atoms with Gasteiger partial charge in [0.15, 0.2) is 5.17 Å². The predicted octanol–water partition coefficient (Wildman–Crippen LogP) is 2.50. The highest BCUT2D eigenvalue weighted by Crippen LogP contribution is 2.47. The third-order valence-corrected chi connectivity index (χ3v) is 4.61. The summed E-state index contributed by atoms with van der Waals surface area (Å²) in [7, 11) is 0. The minimum absolute atomic E-state index is 0.460. The van der Waals surface area contributed by atoms with Crippen LogP contribution in [0.25, 0.3) is 0 Å². The molecule has 80 valence electrons. The Morgan fingerprint density at radius 3 is 2.57 bits per heavy atom. The van der Waals surface area contributed by atoms with Crippen molar-refractivity contribution >= 4 is 16.9 Å². The Hall–Kier alpha value is -0.180. The van der Waals surface area contributed by atoms with Gasteiger partial charge in [-0.3, -0.25) is 4.99 Å². The van der Waals surface area contributed by atoms with Crippen molar-refractivity contribution in [1.82, 2.24) is 5.32 Å². The Morgan fingerprint density at radius 1 is 1.43 bits per heavy atom. The Bertz CT molecular complexity index is 260. The summed E-state index contributed by atoms with van der Waals surface area (Å²) in [4.78, 5) is 4.75. The molecule has 0 aromatic rings. The number of hydrogen-bond acceptors (Lipinski definition) is 2. The number of nitrogens with one attached hydrogen (secondary N) is 1. The Morgan fingerprint density at radius 2 is 2.07 bits per heavy atom. The molecular weight excluding hydrogens is 192 g/mol. The van der Waals surface area contributed by atoms with Gasteiger partial charge in [0.05, 0.1) is 6.04 Å². The van der Waals surface area contributed by atoms with E-state index in [0.29, 0.717) is 17.5 Å². The zero-order valence-corrected chi connectivity index (χ0v) is 10.3. The molecule has 0 bridgehead atoms. The zero-order valence-electron chi connectivity index (χ0n) is 9.50. The van der Waals surface area contributed by atoms with Gasteiger partial charge in [0.1, 0.15) is 0 Å². The largest absolute Gasteiger partial charge is 0.362 e. The number of amidine groups is 1. The topological polar surface area (TPSA) is 24.4 Å². The number of aliphatic imine (C=N–C) groups is 1. The van der Waals surface area contributed by atoms with E-state index in [1.54, 1.807) is 0 Å². The average molecular weight is 212 g/mol. The molecule has 2 aliphatic rings. The molecule has 1 aliphatic carbocycles. The van der Waals surface area contributed by atoms with Gasteiger partial charge < -0.3 is 5.32 Å². The summed E-state index contributed by atoms with van der Waals surface area (Å²) in [6, 6.07) is 1.15. The quantitative estimate of drug-likeness (QED) is 0.722. The van der Waals surface area contributed by atoms with E-state index in [-0.39, 0.29) is 0 Å². The lowest BCUT2D eigenvalue weighted by atomic mass is 10.1. The Balaban J connectivity index is 1.94. The molecule has 1 saturated heterocycles. The molecule has 14 heavy (non-hydrogen) atoms. The van der Waals surface area contributed by atoms with E-state index in [1.807, 2.05) is 11.8 Å². The maximum absolute atomic E-state index is 4.75. The molecule has 3 heteroatoms. The minimum atomic E-state index is 0.460. The second-order valence-electron chi connectivity index (χ2n) is 5.36. The summed E-state index contributed by atoms with van der Waals surface area (Å²) >= 11 is 1.88.